The predicted molar refractivity (Wildman–Crippen MR) is 196 cm³/mol. The smallest absolute Gasteiger partial charge is 0.00954 e. The van der Waals surface area contributed by atoms with Crippen LogP contribution in [0.15, 0.2) is 109 Å². The summed E-state index contributed by atoms with van der Waals surface area (Å²) in [5, 5.41) is 0. The van der Waals surface area contributed by atoms with Crippen molar-refractivity contribution >= 4 is 0 Å². The molecular formula is C46H60. The van der Waals surface area contributed by atoms with Crippen molar-refractivity contribution in [1.29, 1.82) is 0 Å². The molecule has 0 saturated heterocycles. The van der Waals surface area contributed by atoms with E-state index in [4.69, 9.17) is 0 Å². The topological polar surface area (TPSA) is 0 Å². The Labute approximate surface area is 281 Å². The molecule has 46 heavy (non-hydrogen) atoms. The van der Waals surface area contributed by atoms with Crippen LogP contribution in [0.3, 0.4) is 0 Å². The van der Waals surface area contributed by atoms with Gasteiger partial charge in [-0.05, 0) is 133 Å². The van der Waals surface area contributed by atoms with Gasteiger partial charge < -0.3 is 0 Å². The number of fused-ring (bicyclic) bond motifs is 6. The van der Waals surface area contributed by atoms with Crippen LogP contribution in [0.4, 0.5) is 0 Å². The number of hydrogen-bond donors (Lipinski definition) is 0. The first-order chi connectivity index (χ1) is 22.6. The summed E-state index contributed by atoms with van der Waals surface area (Å²) in [6, 6.07) is 0. The van der Waals surface area contributed by atoms with Gasteiger partial charge >= 0.3 is 0 Å². The Balaban J connectivity index is 0.988. The van der Waals surface area contributed by atoms with Gasteiger partial charge in [-0.2, -0.15) is 0 Å². The molecule has 244 valence electrons. The van der Waals surface area contributed by atoms with Crippen LogP contribution in [0.1, 0.15) is 90.9 Å². The molecule has 0 amide bonds. The molecule has 4 saturated carbocycles. The van der Waals surface area contributed by atoms with Gasteiger partial charge in [-0.3, -0.25) is 0 Å². The quantitative estimate of drug-likeness (QED) is 0.215. The second-order valence-electron chi connectivity index (χ2n) is 17.3. The molecule has 0 aromatic heterocycles. The van der Waals surface area contributed by atoms with Gasteiger partial charge in [0.1, 0.15) is 0 Å². The second kappa shape index (κ2) is 12.9. The SMILES string of the molecule is CC(CC/C=C/CCC(C)(C1CCCC1)C1C2C=CC=CC2C2C=CC=CC21)(C1CCCC1)C1C2C=CC=CC2C2C=CC=CC21. The maximum absolute atomic E-state index is 2.74. The molecule has 0 radical (unpaired) electrons. The normalized spacial score (nSPS) is 41.6. The van der Waals surface area contributed by atoms with Crippen LogP contribution >= 0.6 is 0 Å². The molecule has 8 rings (SSSR count). The molecule has 8 aliphatic carbocycles. The monoisotopic (exact) mass is 612 g/mol. The minimum Gasteiger partial charge on any atom is -0.0885 e. The first-order valence-corrected chi connectivity index (χ1v) is 19.6. The summed E-state index contributed by atoms with van der Waals surface area (Å²) in [6.07, 6.45) is 61.4. The lowest BCUT2D eigenvalue weighted by Gasteiger charge is -2.46. The molecule has 0 aromatic carbocycles. The van der Waals surface area contributed by atoms with Crippen LogP contribution in [0.25, 0.3) is 0 Å². The third-order valence-electron chi connectivity index (χ3n) is 15.4. The van der Waals surface area contributed by atoms with E-state index in [0.29, 0.717) is 58.2 Å². The van der Waals surface area contributed by atoms with Gasteiger partial charge in [-0.15, -0.1) is 0 Å². The maximum Gasteiger partial charge on any atom is -0.00954 e. The molecule has 0 nitrogen and oxygen atoms in total. The average molecular weight is 613 g/mol. The van der Waals surface area contributed by atoms with Crippen molar-refractivity contribution in [1.82, 2.24) is 0 Å². The number of hydrogen-bond acceptors (Lipinski definition) is 0. The molecule has 0 bridgehead atoms. The molecule has 0 aromatic rings. The minimum atomic E-state index is 0.405. The van der Waals surface area contributed by atoms with Crippen LogP contribution < -0.4 is 0 Å². The van der Waals surface area contributed by atoms with Gasteiger partial charge in [0, 0.05) is 0 Å². The molecule has 0 N–H and O–H groups in total. The van der Waals surface area contributed by atoms with Gasteiger partial charge in [0.2, 0.25) is 0 Å². The number of allylic oxidation sites excluding steroid dienone is 18. The van der Waals surface area contributed by atoms with E-state index in [9.17, 15) is 0 Å². The fourth-order valence-corrected chi connectivity index (χ4v) is 13.3. The summed E-state index contributed by atoms with van der Waals surface area (Å²) < 4.78 is 0. The molecule has 0 heterocycles. The summed E-state index contributed by atoms with van der Waals surface area (Å²) in [5.41, 5.74) is 0.810. The largest absolute Gasteiger partial charge is 0.0885 e. The van der Waals surface area contributed by atoms with Crippen LogP contribution in [0, 0.1) is 81.8 Å². The summed E-state index contributed by atoms with van der Waals surface area (Å²) in [7, 11) is 0. The highest BCUT2D eigenvalue weighted by atomic mass is 14.6. The Morgan fingerprint density at radius 2 is 0.674 bits per heavy atom. The predicted octanol–water partition coefficient (Wildman–Crippen LogP) is 12.2. The van der Waals surface area contributed by atoms with Crippen molar-refractivity contribution in [2.45, 2.75) is 90.9 Å². The average Bonchev–Trinajstić information content (AvgIpc) is 3.92. The molecule has 10 atom stereocenters. The van der Waals surface area contributed by atoms with E-state index in [1.807, 2.05) is 0 Å². The van der Waals surface area contributed by atoms with E-state index in [2.05, 4.69) is 123 Å². The second-order valence-corrected chi connectivity index (χ2v) is 17.3. The minimum absolute atomic E-state index is 0.405. The zero-order valence-electron chi connectivity index (χ0n) is 28.8. The number of rotatable bonds is 10. The van der Waals surface area contributed by atoms with E-state index in [1.165, 1.54) is 77.0 Å². The molecule has 4 fully saturated rings. The van der Waals surface area contributed by atoms with Crippen molar-refractivity contribution in [2.24, 2.45) is 81.8 Å². The van der Waals surface area contributed by atoms with E-state index >= 15 is 0 Å². The fraction of sp³-hybridized carbons (Fsp3) is 0.609. The van der Waals surface area contributed by atoms with Crippen LogP contribution in [-0.4, -0.2) is 0 Å². The lowest BCUT2D eigenvalue weighted by Crippen LogP contribution is -2.40. The molecule has 10 unspecified atom stereocenters. The van der Waals surface area contributed by atoms with Gasteiger partial charge in [-0.25, -0.2) is 0 Å². The van der Waals surface area contributed by atoms with Gasteiger partial charge in [0.25, 0.3) is 0 Å². The first kappa shape index (κ1) is 31.0. The lowest BCUT2D eigenvalue weighted by atomic mass is 9.58. The van der Waals surface area contributed by atoms with Crippen molar-refractivity contribution in [3.63, 3.8) is 0 Å². The summed E-state index contributed by atoms with van der Waals surface area (Å²) in [4.78, 5) is 0. The van der Waals surface area contributed by atoms with E-state index in [1.54, 1.807) is 0 Å². The zero-order valence-corrected chi connectivity index (χ0v) is 28.8. The zero-order chi connectivity index (χ0) is 31.1. The molecule has 0 aliphatic heterocycles. The highest BCUT2D eigenvalue weighted by Crippen LogP contribution is 2.64. The van der Waals surface area contributed by atoms with E-state index in [-0.39, 0.29) is 0 Å². The van der Waals surface area contributed by atoms with Crippen molar-refractivity contribution < 1.29 is 0 Å². The van der Waals surface area contributed by atoms with Crippen molar-refractivity contribution in [3.8, 4) is 0 Å². The van der Waals surface area contributed by atoms with E-state index in [0.717, 1.165) is 23.7 Å². The van der Waals surface area contributed by atoms with Gasteiger partial charge in [-0.1, -0.05) is 149 Å². The summed E-state index contributed by atoms with van der Waals surface area (Å²) >= 11 is 0. The third-order valence-corrected chi connectivity index (χ3v) is 15.4. The van der Waals surface area contributed by atoms with Crippen LogP contribution in [0.2, 0.25) is 0 Å². The van der Waals surface area contributed by atoms with Gasteiger partial charge in [0.05, 0.1) is 0 Å². The highest BCUT2D eigenvalue weighted by molar-refractivity contribution is 5.31. The fourth-order valence-electron chi connectivity index (χ4n) is 13.3. The Morgan fingerprint density at radius 3 is 0.957 bits per heavy atom. The Morgan fingerprint density at radius 1 is 0.413 bits per heavy atom. The lowest BCUT2D eigenvalue weighted by molar-refractivity contribution is 0.0449. The highest BCUT2D eigenvalue weighted by Gasteiger charge is 2.57. The molecular weight excluding hydrogens is 553 g/mol. The molecule has 8 aliphatic rings. The maximum atomic E-state index is 2.74. The van der Waals surface area contributed by atoms with Crippen molar-refractivity contribution in [2.75, 3.05) is 0 Å². The Hall–Kier alpha value is -2.34. The summed E-state index contributed by atoms with van der Waals surface area (Å²) in [6.45, 7) is 5.48. The Bertz CT molecular complexity index is 1190. The molecule has 0 spiro atoms. The van der Waals surface area contributed by atoms with Crippen molar-refractivity contribution in [3.05, 3.63) is 109 Å². The van der Waals surface area contributed by atoms with Gasteiger partial charge in [0.15, 0.2) is 0 Å². The third kappa shape index (κ3) is 5.24. The van der Waals surface area contributed by atoms with E-state index < -0.39 is 0 Å². The first-order valence-electron chi connectivity index (χ1n) is 19.6. The molecule has 0 heteroatoms. The van der Waals surface area contributed by atoms with Crippen LogP contribution in [-0.2, 0) is 0 Å². The summed E-state index contributed by atoms with van der Waals surface area (Å²) in [5.74, 6) is 8.79. The standard InChI is InChI=1S/C46H60/c1-45(33-19-5-6-20-33,43-39-27-13-9-23-35(39)36-24-10-14-28-40(36)43)31-17-3-4-18-32-46(2,34-21-7-8-22-34)44-41-29-15-11-25-37(41)38-26-12-16-30-42(38)44/h3-4,9-16,23-30,33-44H,5-8,17-22,31-32H2,1-2H3/b4-3+. The Kier molecular flexibility index (Phi) is 8.70. The van der Waals surface area contributed by atoms with Crippen LogP contribution in [0.5, 0.6) is 0 Å².